The van der Waals surface area contributed by atoms with Gasteiger partial charge in [0, 0.05) is 9.26 Å². The van der Waals surface area contributed by atoms with Crippen LogP contribution in [-0.2, 0) is 4.79 Å². The number of halogens is 2. The third-order valence-electron chi connectivity index (χ3n) is 2.14. The van der Waals surface area contributed by atoms with E-state index in [1.807, 2.05) is 29.5 Å². The maximum absolute atomic E-state index is 12.8. The molecule has 1 aromatic rings. The molecule has 0 aliphatic heterocycles. The summed E-state index contributed by atoms with van der Waals surface area (Å²) in [6.45, 7) is 1.92. The van der Waals surface area contributed by atoms with Crippen molar-refractivity contribution in [1.29, 1.82) is 0 Å². The number of benzene rings is 1. The van der Waals surface area contributed by atoms with Crippen LogP contribution in [0.3, 0.4) is 0 Å². The summed E-state index contributed by atoms with van der Waals surface area (Å²) in [5.41, 5.74) is 0.655. The van der Waals surface area contributed by atoms with Gasteiger partial charge in [0.2, 0.25) is 0 Å². The van der Waals surface area contributed by atoms with E-state index in [1.54, 1.807) is 6.07 Å². The molecule has 0 fully saturated rings. The quantitative estimate of drug-likeness (QED) is 0.812. The Morgan fingerprint density at radius 3 is 2.81 bits per heavy atom. The zero-order chi connectivity index (χ0) is 12.1. The van der Waals surface area contributed by atoms with Gasteiger partial charge >= 0.3 is 5.97 Å². The molecule has 0 heterocycles. The largest absolute Gasteiger partial charge is 0.480 e. The van der Waals surface area contributed by atoms with Gasteiger partial charge in [-0.2, -0.15) is 0 Å². The van der Waals surface area contributed by atoms with E-state index in [1.165, 1.54) is 12.1 Å². The lowest BCUT2D eigenvalue weighted by Gasteiger charge is -2.16. The Labute approximate surface area is 107 Å². The topological polar surface area (TPSA) is 49.3 Å². The normalized spacial score (nSPS) is 12.2. The van der Waals surface area contributed by atoms with Gasteiger partial charge in [-0.1, -0.05) is 13.3 Å². The minimum atomic E-state index is -0.887. The van der Waals surface area contributed by atoms with E-state index in [0.29, 0.717) is 15.7 Å². The van der Waals surface area contributed by atoms with E-state index >= 15 is 0 Å². The van der Waals surface area contributed by atoms with Crippen molar-refractivity contribution in [2.24, 2.45) is 0 Å². The van der Waals surface area contributed by atoms with Crippen molar-refractivity contribution in [1.82, 2.24) is 0 Å². The molecule has 0 aliphatic rings. The van der Waals surface area contributed by atoms with Gasteiger partial charge in [0.25, 0.3) is 0 Å². The van der Waals surface area contributed by atoms with Crippen LogP contribution in [0.4, 0.5) is 10.1 Å². The van der Waals surface area contributed by atoms with Crippen molar-refractivity contribution in [2.75, 3.05) is 5.32 Å². The summed E-state index contributed by atoms with van der Waals surface area (Å²) in [6.07, 6.45) is 1.32. The molecule has 0 aromatic heterocycles. The van der Waals surface area contributed by atoms with E-state index in [4.69, 9.17) is 5.11 Å². The van der Waals surface area contributed by atoms with Crippen LogP contribution in [0.15, 0.2) is 18.2 Å². The standard InChI is InChI=1S/C11H13FINO2/c1-2-3-10(11(15)16)14-9-5-4-7(12)6-8(9)13/h4-6,10,14H,2-3H2,1H3,(H,15,16). The molecule has 3 nitrogen and oxygen atoms in total. The highest BCUT2D eigenvalue weighted by Gasteiger charge is 2.16. The first-order valence-electron chi connectivity index (χ1n) is 4.99. The highest BCUT2D eigenvalue weighted by Crippen LogP contribution is 2.20. The number of hydrogen-bond donors (Lipinski definition) is 2. The molecule has 88 valence electrons. The molecule has 16 heavy (non-hydrogen) atoms. The van der Waals surface area contributed by atoms with Crippen molar-refractivity contribution in [3.8, 4) is 0 Å². The molecule has 0 bridgehead atoms. The first-order valence-corrected chi connectivity index (χ1v) is 6.07. The predicted octanol–water partition coefficient (Wildman–Crippen LogP) is 3.10. The first kappa shape index (κ1) is 13.2. The molecule has 0 aliphatic carbocycles. The van der Waals surface area contributed by atoms with Crippen LogP contribution in [0.1, 0.15) is 19.8 Å². The number of carbonyl (C=O) groups is 1. The molecular formula is C11H13FINO2. The number of anilines is 1. The van der Waals surface area contributed by atoms with Crippen molar-refractivity contribution in [3.05, 3.63) is 27.6 Å². The molecule has 1 rings (SSSR count). The summed E-state index contributed by atoms with van der Waals surface area (Å²) >= 11 is 1.98. The molecule has 0 radical (unpaired) electrons. The summed E-state index contributed by atoms with van der Waals surface area (Å²) < 4.78 is 13.5. The van der Waals surface area contributed by atoms with E-state index in [0.717, 1.165) is 6.42 Å². The number of carboxylic acid groups (broad SMARTS) is 1. The summed E-state index contributed by atoms with van der Waals surface area (Å²) in [7, 11) is 0. The Kier molecular flexibility index (Phi) is 4.98. The number of nitrogens with one attached hydrogen (secondary N) is 1. The lowest BCUT2D eigenvalue weighted by Crippen LogP contribution is -2.29. The first-order chi connectivity index (χ1) is 7.54. The molecule has 0 saturated carbocycles. The zero-order valence-corrected chi connectivity index (χ0v) is 11.0. The van der Waals surface area contributed by atoms with Crippen molar-refractivity contribution in [3.63, 3.8) is 0 Å². The SMILES string of the molecule is CCCC(Nc1ccc(F)cc1I)C(=O)O. The van der Waals surface area contributed by atoms with Gasteiger partial charge in [-0.05, 0) is 47.2 Å². The molecular weight excluding hydrogens is 324 g/mol. The molecule has 0 saturated heterocycles. The average molecular weight is 337 g/mol. The second-order valence-corrected chi connectivity index (χ2v) is 4.61. The lowest BCUT2D eigenvalue weighted by molar-refractivity contribution is -0.138. The fourth-order valence-corrected chi connectivity index (χ4v) is 1.97. The van der Waals surface area contributed by atoms with Crippen LogP contribution in [0.25, 0.3) is 0 Å². The van der Waals surface area contributed by atoms with Crippen molar-refractivity contribution in [2.45, 2.75) is 25.8 Å². The van der Waals surface area contributed by atoms with Gasteiger partial charge < -0.3 is 10.4 Å². The zero-order valence-electron chi connectivity index (χ0n) is 8.84. The Morgan fingerprint density at radius 1 is 1.62 bits per heavy atom. The highest BCUT2D eigenvalue weighted by atomic mass is 127. The summed E-state index contributed by atoms with van der Waals surface area (Å²) in [5, 5.41) is 11.9. The number of hydrogen-bond acceptors (Lipinski definition) is 2. The Balaban J connectivity index is 2.81. The van der Waals surface area contributed by atoms with E-state index in [9.17, 15) is 9.18 Å². The minimum Gasteiger partial charge on any atom is -0.480 e. The van der Waals surface area contributed by atoms with E-state index < -0.39 is 12.0 Å². The monoisotopic (exact) mass is 337 g/mol. The second-order valence-electron chi connectivity index (χ2n) is 3.45. The van der Waals surface area contributed by atoms with Crippen LogP contribution in [-0.4, -0.2) is 17.1 Å². The summed E-state index contributed by atoms with van der Waals surface area (Å²) in [4.78, 5) is 10.9. The Bertz CT molecular complexity index is 384. The molecule has 1 unspecified atom stereocenters. The predicted molar refractivity (Wildman–Crippen MR) is 69.1 cm³/mol. The summed E-state index contributed by atoms with van der Waals surface area (Å²) in [6, 6.07) is 3.62. The van der Waals surface area contributed by atoms with Crippen LogP contribution in [0, 0.1) is 9.39 Å². The third-order valence-corrected chi connectivity index (χ3v) is 3.03. The Morgan fingerprint density at radius 2 is 2.31 bits per heavy atom. The molecule has 1 atom stereocenters. The molecule has 2 N–H and O–H groups in total. The lowest BCUT2D eigenvalue weighted by atomic mass is 10.1. The van der Waals surface area contributed by atoms with Crippen molar-refractivity contribution < 1.29 is 14.3 Å². The van der Waals surface area contributed by atoms with Gasteiger partial charge in [0.05, 0.1) is 0 Å². The maximum atomic E-state index is 12.8. The molecule has 0 amide bonds. The summed E-state index contributed by atoms with van der Waals surface area (Å²) in [5.74, 6) is -1.21. The third kappa shape index (κ3) is 3.62. The smallest absolute Gasteiger partial charge is 0.326 e. The average Bonchev–Trinajstić information content (AvgIpc) is 2.20. The fourth-order valence-electron chi connectivity index (χ4n) is 1.34. The van der Waals surface area contributed by atoms with Crippen molar-refractivity contribution >= 4 is 34.2 Å². The molecule has 5 heteroatoms. The van der Waals surface area contributed by atoms with Crippen LogP contribution in [0.2, 0.25) is 0 Å². The van der Waals surface area contributed by atoms with Gasteiger partial charge in [0.15, 0.2) is 0 Å². The van der Waals surface area contributed by atoms with Crippen LogP contribution < -0.4 is 5.32 Å². The van der Waals surface area contributed by atoms with Gasteiger partial charge in [-0.3, -0.25) is 0 Å². The van der Waals surface area contributed by atoms with Crippen LogP contribution in [0.5, 0.6) is 0 Å². The molecule has 1 aromatic carbocycles. The molecule has 0 spiro atoms. The van der Waals surface area contributed by atoms with Gasteiger partial charge in [0.1, 0.15) is 11.9 Å². The number of aliphatic carboxylic acids is 1. The minimum absolute atomic E-state index is 0.322. The van der Waals surface area contributed by atoms with Crippen LogP contribution >= 0.6 is 22.6 Å². The number of carboxylic acids is 1. The van der Waals surface area contributed by atoms with E-state index in [-0.39, 0.29) is 5.82 Å². The van der Waals surface area contributed by atoms with Gasteiger partial charge in [-0.15, -0.1) is 0 Å². The second kappa shape index (κ2) is 6.03. The maximum Gasteiger partial charge on any atom is 0.326 e. The number of rotatable bonds is 5. The Hall–Kier alpha value is -0.850. The highest BCUT2D eigenvalue weighted by molar-refractivity contribution is 14.1. The fraction of sp³-hybridized carbons (Fsp3) is 0.364. The van der Waals surface area contributed by atoms with E-state index in [2.05, 4.69) is 5.32 Å². The van der Waals surface area contributed by atoms with Gasteiger partial charge in [-0.25, -0.2) is 9.18 Å².